The maximum atomic E-state index is 12.6. The highest BCUT2D eigenvalue weighted by molar-refractivity contribution is 5.80. The molecule has 0 saturated heterocycles. The van der Waals surface area contributed by atoms with E-state index in [4.69, 9.17) is 0 Å². The van der Waals surface area contributed by atoms with Gasteiger partial charge in [-0.05, 0) is 44.9 Å². The van der Waals surface area contributed by atoms with Crippen molar-refractivity contribution < 1.29 is 25.2 Å². The van der Waals surface area contributed by atoms with Crippen molar-refractivity contribution in [3.63, 3.8) is 0 Å². The number of nitrogens with one attached hydrogen (secondary N) is 1. The molecule has 0 aromatic heterocycles. The van der Waals surface area contributed by atoms with Gasteiger partial charge in [-0.15, -0.1) is 0 Å². The molecule has 6 heteroatoms. The summed E-state index contributed by atoms with van der Waals surface area (Å²) in [6.45, 7) is 4.09. The number of allylic oxidation sites excluding steroid dienone is 4. The lowest BCUT2D eigenvalue weighted by molar-refractivity contribution is -0.132. The number of unbranched alkanes of at least 4 members (excludes halogenated alkanes) is 40. The summed E-state index contributed by atoms with van der Waals surface area (Å²) in [5, 5.41) is 44.0. The summed E-state index contributed by atoms with van der Waals surface area (Å²) in [6, 6.07) is -0.985. The third-order valence-corrected chi connectivity index (χ3v) is 13.7. The predicted octanol–water partition coefficient (Wildman–Crippen LogP) is 16.6. The smallest absolute Gasteiger partial charge is 0.249 e. The van der Waals surface area contributed by atoms with Crippen LogP contribution >= 0.6 is 0 Å². The summed E-state index contributed by atoms with van der Waals surface area (Å²) in [5.41, 5.74) is 0. The molecule has 0 heterocycles. The number of carbonyl (C=O) groups excluding carboxylic acids is 1. The molecule has 4 unspecified atom stereocenters. The van der Waals surface area contributed by atoms with Gasteiger partial charge in [-0.3, -0.25) is 4.79 Å². The Kier molecular flexibility index (Phi) is 51.8. The molecule has 380 valence electrons. The van der Waals surface area contributed by atoms with Crippen LogP contribution in [0.15, 0.2) is 24.3 Å². The Bertz CT molecular complexity index is 970. The van der Waals surface area contributed by atoms with Crippen molar-refractivity contribution in [1.82, 2.24) is 5.32 Å². The Morgan fingerprint density at radius 2 is 0.672 bits per heavy atom. The SMILES string of the molecule is CCCCCCCCCCC/C=C\C/C=C\CCCCCCCCCCCCCCC(O)C(=O)NC(CO)C(O)C(O)CCCCCCCCCCCCCCCCCCCCCC. The molecule has 0 saturated carbocycles. The Morgan fingerprint density at radius 3 is 0.984 bits per heavy atom. The van der Waals surface area contributed by atoms with Gasteiger partial charge >= 0.3 is 0 Å². The van der Waals surface area contributed by atoms with Crippen LogP contribution < -0.4 is 5.32 Å². The molecule has 1 amide bonds. The van der Waals surface area contributed by atoms with Crippen molar-refractivity contribution in [3.8, 4) is 0 Å². The van der Waals surface area contributed by atoms with E-state index in [0.717, 1.165) is 44.9 Å². The van der Waals surface area contributed by atoms with Crippen molar-refractivity contribution >= 4 is 5.91 Å². The fraction of sp³-hybridized carbons (Fsp3) is 0.914. The molecule has 0 aromatic rings. The van der Waals surface area contributed by atoms with Crippen LogP contribution in [-0.2, 0) is 4.79 Å². The largest absolute Gasteiger partial charge is 0.394 e. The first-order valence-corrected chi connectivity index (χ1v) is 28.7. The Balaban J connectivity index is 3.62. The van der Waals surface area contributed by atoms with Crippen LogP contribution in [0.3, 0.4) is 0 Å². The molecule has 64 heavy (non-hydrogen) atoms. The lowest BCUT2D eigenvalue weighted by Crippen LogP contribution is -2.53. The van der Waals surface area contributed by atoms with Gasteiger partial charge in [0.1, 0.15) is 12.2 Å². The molecule has 0 aliphatic heterocycles. The maximum absolute atomic E-state index is 12.6. The van der Waals surface area contributed by atoms with Crippen LogP contribution in [0.5, 0.6) is 0 Å². The van der Waals surface area contributed by atoms with E-state index in [1.807, 2.05) is 0 Å². The molecular formula is C58H113NO5. The zero-order chi connectivity index (χ0) is 46.7. The van der Waals surface area contributed by atoms with E-state index in [0.29, 0.717) is 12.8 Å². The van der Waals surface area contributed by atoms with E-state index >= 15 is 0 Å². The molecule has 0 aromatic carbocycles. The summed E-state index contributed by atoms with van der Waals surface area (Å²) in [6.07, 6.45) is 63.8. The van der Waals surface area contributed by atoms with Crippen molar-refractivity contribution in [2.75, 3.05) is 6.61 Å². The maximum Gasteiger partial charge on any atom is 0.249 e. The quantitative estimate of drug-likeness (QED) is 0.0308. The summed E-state index contributed by atoms with van der Waals surface area (Å²) in [7, 11) is 0. The van der Waals surface area contributed by atoms with Crippen molar-refractivity contribution in [2.24, 2.45) is 0 Å². The Labute approximate surface area is 399 Å². The van der Waals surface area contributed by atoms with E-state index in [9.17, 15) is 25.2 Å². The topological polar surface area (TPSA) is 110 Å². The minimum atomic E-state index is -1.26. The summed E-state index contributed by atoms with van der Waals surface area (Å²) in [5.74, 6) is -0.581. The molecule has 5 N–H and O–H groups in total. The Morgan fingerprint density at radius 1 is 0.391 bits per heavy atom. The molecule has 6 nitrogen and oxygen atoms in total. The normalized spacial score (nSPS) is 13.9. The second-order valence-electron chi connectivity index (χ2n) is 20.0. The van der Waals surface area contributed by atoms with Gasteiger partial charge in [0, 0.05) is 0 Å². The van der Waals surface area contributed by atoms with Gasteiger partial charge in [0.2, 0.25) is 5.91 Å². The fourth-order valence-corrected chi connectivity index (χ4v) is 9.14. The van der Waals surface area contributed by atoms with Gasteiger partial charge < -0.3 is 25.7 Å². The van der Waals surface area contributed by atoms with Crippen LogP contribution in [-0.4, -0.2) is 57.3 Å². The lowest BCUT2D eigenvalue weighted by atomic mass is 9.99. The second kappa shape index (κ2) is 52.8. The third kappa shape index (κ3) is 45.9. The van der Waals surface area contributed by atoms with Gasteiger partial charge in [0.25, 0.3) is 0 Å². The average Bonchev–Trinajstić information content (AvgIpc) is 3.30. The van der Waals surface area contributed by atoms with Gasteiger partial charge in [-0.2, -0.15) is 0 Å². The first kappa shape index (κ1) is 62.8. The molecule has 0 aliphatic carbocycles. The predicted molar refractivity (Wildman–Crippen MR) is 279 cm³/mol. The number of hydrogen-bond acceptors (Lipinski definition) is 5. The molecule has 0 spiro atoms. The Hall–Kier alpha value is -1.21. The van der Waals surface area contributed by atoms with E-state index in [-0.39, 0.29) is 0 Å². The third-order valence-electron chi connectivity index (χ3n) is 13.7. The van der Waals surface area contributed by atoms with Crippen molar-refractivity contribution in [3.05, 3.63) is 24.3 Å². The van der Waals surface area contributed by atoms with Gasteiger partial charge in [-0.1, -0.05) is 289 Å². The number of aliphatic hydroxyl groups is 4. The van der Waals surface area contributed by atoms with Crippen LogP contribution in [0.1, 0.15) is 309 Å². The molecule has 4 atom stereocenters. The standard InChI is InChI=1S/C58H113NO5/c1-3-5-7-9-11-13-15-17-19-21-23-25-26-27-28-29-30-31-32-34-36-38-40-42-44-46-48-50-52-56(62)58(64)59-54(53-60)57(63)55(61)51-49-47-45-43-41-39-37-35-33-24-22-20-18-16-14-12-10-8-6-4-2/h23,25,27-28,54-57,60-63H,3-22,24,26,29-53H2,1-2H3,(H,59,64)/b25-23-,28-27-. The summed E-state index contributed by atoms with van der Waals surface area (Å²) >= 11 is 0. The summed E-state index contributed by atoms with van der Waals surface area (Å²) < 4.78 is 0. The molecule has 0 bridgehead atoms. The average molecular weight is 905 g/mol. The van der Waals surface area contributed by atoms with Gasteiger partial charge in [0.05, 0.1) is 18.8 Å². The highest BCUT2D eigenvalue weighted by atomic mass is 16.3. The van der Waals surface area contributed by atoms with Gasteiger partial charge in [-0.25, -0.2) is 0 Å². The van der Waals surface area contributed by atoms with Crippen LogP contribution in [0.2, 0.25) is 0 Å². The first-order chi connectivity index (χ1) is 31.5. The fourth-order valence-electron chi connectivity index (χ4n) is 9.14. The zero-order valence-corrected chi connectivity index (χ0v) is 43.0. The molecule has 0 aliphatic rings. The number of rotatable bonds is 53. The van der Waals surface area contributed by atoms with E-state index in [1.165, 1.54) is 238 Å². The highest BCUT2D eigenvalue weighted by Crippen LogP contribution is 2.18. The lowest BCUT2D eigenvalue weighted by Gasteiger charge is -2.27. The molecule has 0 rings (SSSR count). The van der Waals surface area contributed by atoms with Crippen molar-refractivity contribution in [1.29, 1.82) is 0 Å². The molecular weight excluding hydrogens is 791 g/mol. The van der Waals surface area contributed by atoms with Gasteiger partial charge in [0.15, 0.2) is 0 Å². The second-order valence-corrected chi connectivity index (χ2v) is 20.0. The van der Waals surface area contributed by atoms with E-state index in [2.05, 4.69) is 43.5 Å². The number of carbonyl (C=O) groups is 1. The van der Waals surface area contributed by atoms with Crippen molar-refractivity contribution in [2.45, 2.75) is 334 Å². The van der Waals surface area contributed by atoms with Crippen LogP contribution in [0.25, 0.3) is 0 Å². The van der Waals surface area contributed by atoms with Crippen LogP contribution in [0, 0.1) is 0 Å². The highest BCUT2D eigenvalue weighted by Gasteiger charge is 2.28. The molecule has 0 fully saturated rings. The van der Waals surface area contributed by atoms with E-state index in [1.54, 1.807) is 0 Å². The number of hydrogen-bond donors (Lipinski definition) is 5. The minimum absolute atomic E-state index is 0.369. The van der Waals surface area contributed by atoms with E-state index < -0.39 is 36.9 Å². The summed E-state index contributed by atoms with van der Waals surface area (Å²) in [4.78, 5) is 12.6. The molecule has 0 radical (unpaired) electrons. The van der Waals surface area contributed by atoms with Crippen LogP contribution in [0.4, 0.5) is 0 Å². The minimum Gasteiger partial charge on any atom is -0.394 e. The number of aliphatic hydroxyl groups excluding tert-OH is 4. The monoisotopic (exact) mass is 904 g/mol. The first-order valence-electron chi connectivity index (χ1n) is 28.7. The number of amides is 1. The zero-order valence-electron chi connectivity index (χ0n) is 43.0.